The van der Waals surface area contributed by atoms with E-state index in [9.17, 15) is 0 Å². The minimum Gasteiger partial charge on any atom is -0.314 e. The number of halogens is 1. The molecule has 0 aliphatic rings. The van der Waals surface area contributed by atoms with E-state index in [4.69, 9.17) is 11.6 Å². The fraction of sp³-hybridized carbons (Fsp3) is 0.333. The molecular weight excluding hydrogens is 222 g/mol. The minimum absolute atomic E-state index is 0.783. The van der Waals surface area contributed by atoms with Gasteiger partial charge in [-0.15, -0.1) is 10.2 Å². The number of benzene rings is 1. The topological polar surface area (TPSA) is 30.7 Å². The molecule has 0 radical (unpaired) electrons. The number of aryl methyl sites for hydroxylation is 2. The van der Waals surface area contributed by atoms with Crippen molar-refractivity contribution in [3.05, 3.63) is 35.1 Å². The van der Waals surface area contributed by atoms with E-state index >= 15 is 0 Å². The Morgan fingerprint density at radius 3 is 2.88 bits per heavy atom. The fourth-order valence-corrected chi connectivity index (χ4v) is 1.78. The third-order valence-corrected chi connectivity index (χ3v) is 2.92. The Labute approximate surface area is 100 Å². The summed E-state index contributed by atoms with van der Waals surface area (Å²) in [5, 5.41) is 8.88. The van der Waals surface area contributed by atoms with Crippen LogP contribution in [0.1, 0.15) is 18.9 Å². The average Bonchev–Trinajstić information content (AvgIpc) is 2.71. The summed E-state index contributed by atoms with van der Waals surface area (Å²) in [6, 6.07) is 5.92. The van der Waals surface area contributed by atoms with E-state index in [1.807, 2.05) is 25.1 Å². The summed E-state index contributed by atoms with van der Waals surface area (Å²) in [5.74, 6) is 0.904. The van der Waals surface area contributed by atoms with Crippen LogP contribution in [0.2, 0.25) is 5.02 Å². The Balaban J connectivity index is 2.42. The molecule has 0 N–H and O–H groups in total. The number of hydrogen-bond donors (Lipinski definition) is 0. The third kappa shape index (κ3) is 2.09. The molecule has 0 saturated carbocycles. The van der Waals surface area contributed by atoms with Crippen molar-refractivity contribution in [2.45, 2.75) is 26.8 Å². The first-order valence-corrected chi connectivity index (χ1v) is 5.74. The van der Waals surface area contributed by atoms with Crippen molar-refractivity contribution in [2.75, 3.05) is 0 Å². The predicted molar refractivity (Wildman–Crippen MR) is 65.5 cm³/mol. The molecule has 3 nitrogen and oxygen atoms in total. The molecule has 4 heteroatoms. The largest absolute Gasteiger partial charge is 0.314 e. The molecule has 0 aliphatic carbocycles. The monoisotopic (exact) mass is 235 g/mol. The zero-order valence-corrected chi connectivity index (χ0v) is 10.2. The van der Waals surface area contributed by atoms with E-state index in [2.05, 4.69) is 21.7 Å². The first-order valence-electron chi connectivity index (χ1n) is 5.36. The van der Waals surface area contributed by atoms with Crippen molar-refractivity contribution in [2.24, 2.45) is 0 Å². The van der Waals surface area contributed by atoms with Gasteiger partial charge in [0.15, 0.2) is 5.82 Å². The van der Waals surface area contributed by atoms with Gasteiger partial charge in [-0.25, -0.2) is 0 Å². The van der Waals surface area contributed by atoms with E-state index < -0.39 is 0 Å². The van der Waals surface area contributed by atoms with Crippen molar-refractivity contribution in [1.82, 2.24) is 14.8 Å². The molecule has 0 fully saturated rings. The molecule has 1 aromatic heterocycles. The van der Waals surface area contributed by atoms with Crippen molar-refractivity contribution in [3.8, 4) is 11.4 Å². The van der Waals surface area contributed by atoms with E-state index in [1.54, 1.807) is 6.33 Å². The lowest BCUT2D eigenvalue weighted by atomic mass is 10.1. The maximum Gasteiger partial charge on any atom is 0.163 e. The van der Waals surface area contributed by atoms with E-state index in [0.29, 0.717) is 0 Å². The second-order valence-corrected chi connectivity index (χ2v) is 4.22. The van der Waals surface area contributed by atoms with Crippen LogP contribution in [0, 0.1) is 6.92 Å². The first-order chi connectivity index (χ1) is 7.72. The highest BCUT2D eigenvalue weighted by molar-refractivity contribution is 6.31. The van der Waals surface area contributed by atoms with Crippen molar-refractivity contribution < 1.29 is 0 Å². The predicted octanol–water partition coefficient (Wildman–Crippen LogP) is 3.32. The van der Waals surface area contributed by atoms with Crippen LogP contribution in [0.5, 0.6) is 0 Å². The lowest BCUT2D eigenvalue weighted by molar-refractivity contribution is 0.682. The van der Waals surface area contributed by atoms with Gasteiger partial charge >= 0.3 is 0 Å². The summed E-state index contributed by atoms with van der Waals surface area (Å²) in [4.78, 5) is 0. The maximum absolute atomic E-state index is 6.00. The van der Waals surface area contributed by atoms with Gasteiger partial charge in [-0.3, -0.25) is 0 Å². The van der Waals surface area contributed by atoms with Gasteiger partial charge in [0, 0.05) is 17.1 Å². The van der Waals surface area contributed by atoms with Gasteiger partial charge in [-0.1, -0.05) is 18.5 Å². The van der Waals surface area contributed by atoms with Crippen LogP contribution in [-0.2, 0) is 6.54 Å². The molecule has 0 aliphatic heterocycles. The van der Waals surface area contributed by atoms with Crippen LogP contribution in [0.4, 0.5) is 0 Å². The fourth-order valence-electron chi connectivity index (χ4n) is 1.67. The van der Waals surface area contributed by atoms with Crippen LogP contribution in [0.25, 0.3) is 11.4 Å². The van der Waals surface area contributed by atoms with E-state index in [0.717, 1.165) is 34.9 Å². The van der Waals surface area contributed by atoms with E-state index in [1.165, 1.54) is 0 Å². The molecule has 16 heavy (non-hydrogen) atoms. The second-order valence-electron chi connectivity index (χ2n) is 3.81. The third-order valence-electron chi connectivity index (χ3n) is 2.50. The maximum atomic E-state index is 6.00. The van der Waals surface area contributed by atoms with Gasteiger partial charge in [0.25, 0.3) is 0 Å². The smallest absolute Gasteiger partial charge is 0.163 e. The summed E-state index contributed by atoms with van der Waals surface area (Å²) in [6.07, 6.45) is 2.83. The van der Waals surface area contributed by atoms with Gasteiger partial charge in [0.2, 0.25) is 0 Å². The standard InChI is InChI=1S/C12H14ClN3/c1-3-6-16-8-14-15-12(16)10-4-5-11(13)9(2)7-10/h4-5,7-8H,3,6H2,1-2H3. The van der Waals surface area contributed by atoms with Crippen molar-refractivity contribution in [3.63, 3.8) is 0 Å². The molecule has 0 amide bonds. The van der Waals surface area contributed by atoms with Gasteiger partial charge in [-0.05, 0) is 37.1 Å². The highest BCUT2D eigenvalue weighted by Gasteiger charge is 2.07. The van der Waals surface area contributed by atoms with Crippen molar-refractivity contribution >= 4 is 11.6 Å². The normalized spacial score (nSPS) is 10.7. The molecule has 84 valence electrons. The van der Waals surface area contributed by atoms with Crippen LogP contribution in [0.3, 0.4) is 0 Å². The minimum atomic E-state index is 0.783. The van der Waals surface area contributed by atoms with Crippen LogP contribution < -0.4 is 0 Å². The Morgan fingerprint density at radius 1 is 1.38 bits per heavy atom. The Hall–Kier alpha value is -1.35. The highest BCUT2D eigenvalue weighted by Crippen LogP contribution is 2.23. The van der Waals surface area contributed by atoms with Crippen LogP contribution >= 0.6 is 11.6 Å². The molecule has 0 saturated heterocycles. The SMILES string of the molecule is CCCn1cnnc1-c1ccc(Cl)c(C)c1. The number of nitrogens with zero attached hydrogens (tertiary/aromatic N) is 3. The van der Waals surface area contributed by atoms with Gasteiger partial charge in [0.05, 0.1) is 0 Å². The summed E-state index contributed by atoms with van der Waals surface area (Å²) in [7, 11) is 0. The average molecular weight is 236 g/mol. The first kappa shape index (κ1) is 11.1. The molecule has 1 heterocycles. The molecular formula is C12H14ClN3. The Kier molecular flexibility index (Phi) is 3.25. The molecule has 2 aromatic rings. The summed E-state index contributed by atoms with van der Waals surface area (Å²) < 4.78 is 2.06. The molecule has 1 aromatic carbocycles. The quantitative estimate of drug-likeness (QED) is 0.817. The highest BCUT2D eigenvalue weighted by atomic mass is 35.5. The summed E-state index contributed by atoms with van der Waals surface area (Å²) >= 11 is 6.00. The second kappa shape index (κ2) is 4.66. The van der Waals surface area contributed by atoms with E-state index in [-0.39, 0.29) is 0 Å². The molecule has 0 bridgehead atoms. The zero-order chi connectivity index (χ0) is 11.5. The Bertz CT molecular complexity index is 491. The number of rotatable bonds is 3. The molecule has 2 rings (SSSR count). The lowest BCUT2D eigenvalue weighted by Crippen LogP contribution is -1.98. The molecule has 0 atom stereocenters. The molecule has 0 spiro atoms. The number of hydrogen-bond acceptors (Lipinski definition) is 2. The number of aromatic nitrogens is 3. The lowest BCUT2D eigenvalue weighted by Gasteiger charge is -2.06. The van der Waals surface area contributed by atoms with Gasteiger partial charge in [0.1, 0.15) is 6.33 Å². The van der Waals surface area contributed by atoms with Crippen molar-refractivity contribution in [1.29, 1.82) is 0 Å². The van der Waals surface area contributed by atoms with Crippen LogP contribution in [-0.4, -0.2) is 14.8 Å². The zero-order valence-electron chi connectivity index (χ0n) is 9.44. The van der Waals surface area contributed by atoms with Crippen LogP contribution in [0.15, 0.2) is 24.5 Å². The Morgan fingerprint density at radius 2 is 2.19 bits per heavy atom. The summed E-state index contributed by atoms with van der Waals surface area (Å²) in [5.41, 5.74) is 2.12. The van der Waals surface area contributed by atoms with Gasteiger partial charge < -0.3 is 4.57 Å². The van der Waals surface area contributed by atoms with Gasteiger partial charge in [-0.2, -0.15) is 0 Å². The summed E-state index contributed by atoms with van der Waals surface area (Å²) in [6.45, 7) is 5.06. The molecule has 0 unspecified atom stereocenters.